The number of nitrogen functional groups attached to an aromatic ring is 1. The van der Waals surface area contributed by atoms with E-state index in [4.69, 9.17) is 11.5 Å². The Morgan fingerprint density at radius 2 is 1.94 bits per heavy atom. The molecule has 16 heavy (non-hydrogen) atoms. The van der Waals surface area contributed by atoms with Crippen LogP contribution in [0.4, 0.5) is 11.4 Å². The molecular formula is C12H13N3O. The van der Waals surface area contributed by atoms with Crippen molar-refractivity contribution in [2.24, 2.45) is 5.73 Å². The fourth-order valence-electron chi connectivity index (χ4n) is 1.56. The maximum absolute atomic E-state index is 11.1. The van der Waals surface area contributed by atoms with E-state index in [0.29, 0.717) is 12.1 Å². The lowest BCUT2D eigenvalue weighted by atomic mass is 10.1. The predicted molar refractivity (Wildman–Crippen MR) is 64.6 cm³/mol. The first-order valence-electron chi connectivity index (χ1n) is 4.96. The predicted octanol–water partition coefficient (Wildman–Crippen LogP) is 1.01. The first-order valence-corrected chi connectivity index (χ1v) is 4.96. The van der Waals surface area contributed by atoms with E-state index >= 15 is 0 Å². The van der Waals surface area contributed by atoms with Crippen LogP contribution in [0.15, 0.2) is 48.2 Å². The van der Waals surface area contributed by atoms with Gasteiger partial charge in [-0.15, -0.1) is 0 Å². The second-order valence-electron chi connectivity index (χ2n) is 3.62. The molecule has 1 aliphatic rings. The van der Waals surface area contributed by atoms with Gasteiger partial charge < -0.3 is 16.4 Å². The summed E-state index contributed by atoms with van der Waals surface area (Å²) in [5.74, 6) is -0.384. The van der Waals surface area contributed by atoms with Crippen molar-refractivity contribution in [3.05, 3.63) is 48.2 Å². The Morgan fingerprint density at radius 1 is 1.25 bits per heavy atom. The van der Waals surface area contributed by atoms with Gasteiger partial charge >= 0.3 is 0 Å². The summed E-state index contributed by atoms with van der Waals surface area (Å²) in [4.78, 5) is 13.0. The molecule has 4 nitrogen and oxygen atoms in total. The molecule has 1 aromatic rings. The number of carbonyl (C=O) groups is 1. The minimum atomic E-state index is -0.384. The van der Waals surface area contributed by atoms with E-state index in [1.165, 1.54) is 0 Å². The van der Waals surface area contributed by atoms with Gasteiger partial charge in [-0.05, 0) is 30.3 Å². The van der Waals surface area contributed by atoms with Crippen molar-refractivity contribution >= 4 is 17.3 Å². The van der Waals surface area contributed by atoms with Crippen molar-refractivity contribution in [1.82, 2.24) is 0 Å². The fourth-order valence-corrected chi connectivity index (χ4v) is 1.56. The van der Waals surface area contributed by atoms with Crippen LogP contribution in [0.1, 0.15) is 0 Å². The van der Waals surface area contributed by atoms with Crippen LogP contribution in [0, 0.1) is 0 Å². The highest BCUT2D eigenvalue weighted by atomic mass is 16.1. The molecule has 0 fully saturated rings. The molecule has 0 unspecified atom stereocenters. The summed E-state index contributed by atoms with van der Waals surface area (Å²) in [7, 11) is 0. The van der Waals surface area contributed by atoms with Crippen LogP contribution in [-0.2, 0) is 4.79 Å². The molecule has 1 aromatic carbocycles. The molecule has 82 valence electrons. The van der Waals surface area contributed by atoms with E-state index in [1.54, 1.807) is 12.2 Å². The summed E-state index contributed by atoms with van der Waals surface area (Å²) in [6, 6.07) is 7.46. The van der Waals surface area contributed by atoms with Crippen molar-refractivity contribution in [2.45, 2.75) is 0 Å². The van der Waals surface area contributed by atoms with Crippen LogP contribution in [0.25, 0.3) is 0 Å². The fraction of sp³-hybridized carbons (Fsp3) is 0.0833. The number of primary amides is 1. The van der Waals surface area contributed by atoms with Crippen molar-refractivity contribution in [2.75, 3.05) is 17.2 Å². The minimum Gasteiger partial charge on any atom is -0.399 e. The molecule has 1 amide bonds. The van der Waals surface area contributed by atoms with Gasteiger partial charge in [-0.1, -0.05) is 6.08 Å². The zero-order valence-corrected chi connectivity index (χ0v) is 8.76. The van der Waals surface area contributed by atoms with Crippen molar-refractivity contribution in [1.29, 1.82) is 0 Å². The van der Waals surface area contributed by atoms with Crippen molar-refractivity contribution < 1.29 is 4.79 Å². The first kappa shape index (κ1) is 10.3. The van der Waals surface area contributed by atoms with Gasteiger partial charge in [0, 0.05) is 23.1 Å². The van der Waals surface area contributed by atoms with Gasteiger partial charge in [-0.2, -0.15) is 0 Å². The van der Waals surface area contributed by atoms with Crippen LogP contribution in [0.2, 0.25) is 0 Å². The largest absolute Gasteiger partial charge is 0.399 e. The Labute approximate surface area is 93.8 Å². The lowest BCUT2D eigenvalue weighted by molar-refractivity contribution is -0.114. The molecule has 4 N–H and O–H groups in total. The molecule has 0 saturated heterocycles. The van der Waals surface area contributed by atoms with E-state index in [-0.39, 0.29) is 5.91 Å². The van der Waals surface area contributed by atoms with Gasteiger partial charge in [-0.3, -0.25) is 4.79 Å². The summed E-state index contributed by atoms with van der Waals surface area (Å²) < 4.78 is 0. The lowest BCUT2D eigenvalue weighted by Gasteiger charge is -2.23. The van der Waals surface area contributed by atoms with Gasteiger partial charge in [0.2, 0.25) is 5.91 Å². The SMILES string of the molecule is NC(=O)C1=CC=CN(c2ccc(N)cc2)C1. The molecule has 0 radical (unpaired) electrons. The van der Waals surface area contributed by atoms with Crippen LogP contribution in [-0.4, -0.2) is 12.5 Å². The number of hydrogen-bond acceptors (Lipinski definition) is 3. The van der Waals surface area contributed by atoms with Crippen molar-refractivity contribution in [3.8, 4) is 0 Å². The van der Waals surface area contributed by atoms with Gasteiger partial charge in [0.25, 0.3) is 0 Å². The zero-order valence-electron chi connectivity index (χ0n) is 8.76. The Bertz CT molecular complexity index is 460. The third-order valence-electron chi connectivity index (χ3n) is 2.45. The molecule has 0 spiro atoms. The molecule has 0 saturated carbocycles. The number of benzene rings is 1. The molecular weight excluding hydrogens is 202 g/mol. The molecule has 0 aromatic heterocycles. The van der Waals surface area contributed by atoms with Crippen molar-refractivity contribution in [3.63, 3.8) is 0 Å². The van der Waals surface area contributed by atoms with Gasteiger partial charge in [0.1, 0.15) is 0 Å². The van der Waals surface area contributed by atoms with Crippen LogP contribution in [0.5, 0.6) is 0 Å². The molecule has 1 heterocycles. The monoisotopic (exact) mass is 215 g/mol. The second kappa shape index (κ2) is 4.10. The third kappa shape index (κ3) is 2.06. The normalized spacial score (nSPS) is 14.8. The van der Waals surface area contributed by atoms with Crippen LogP contribution < -0.4 is 16.4 Å². The average Bonchev–Trinajstić information content (AvgIpc) is 2.30. The number of hydrogen-bond donors (Lipinski definition) is 2. The van der Waals surface area contributed by atoms with E-state index in [1.807, 2.05) is 35.4 Å². The summed E-state index contributed by atoms with van der Waals surface area (Å²) in [5.41, 5.74) is 13.2. The quantitative estimate of drug-likeness (QED) is 0.723. The Hall–Kier alpha value is -2.23. The molecule has 4 heteroatoms. The second-order valence-corrected chi connectivity index (χ2v) is 3.62. The number of rotatable bonds is 2. The summed E-state index contributed by atoms with van der Waals surface area (Å²) >= 11 is 0. The van der Waals surface area contributed by atoms with Crippen LogP contribution in [0.3, 0.4) is 0 Å². The summed E-state index contributed by atoms with van der Waals surface area (Å²) in [6.45, 7) is 0.496. The Balaban J connectivity index is 2.19. The highest BCUT2D eigenvalue weighted by molar-refractivity contribution is 5.93. The Morgan fingerprint density at radius 3 is 2.56 bits per heavy atom. The lowest BCUT2D eigenvalue weighted by Crippen LogP contribution is -2.28. The van der Waals surface area contributed by atoms with Gasteiger partial charge in [-0.25, -0.2) is 0 Å². The molecule has 2 rings (SSSR count). The van der Waals surface area contributed by atoms with E-state index in [9.17, 15) is 4.79 Å². The van der Waals surface area contributed by atoms with Gasteiger partial charge in [0.15, 0.2) is 0 Å². The van der Waals surface area contributed by atoms with E-state index < -0.39 is 0 Å². The molecule has 0 aliphatic carbocycles. The number of anilines is 2. The van der Waals surface area contributed by atoms with Gasteiger partial charge in [0.05, 0.1) is 6.54 Å². The molecule has 1 aliphatic heterocycles. The third-order valence-corrected chi connectivity index (χ3v) is 2.45. The maximum Gasteiger partial charge on any atom is 0.246 e. The molecule has 0 bridgehead atoms. The highest BCUT2D eigenvalue weighted by Crippen LogP contribution is 2.20. The summed E-state index contributed by atoms with van der Waals surface area (Å²) in [5, 5.41) is 0. The number of nitrogens with zero attached hydrogens (tertiary/aromatic N) is 1. The highest BCUT2D eigenvalue weighted by Gasteiger charge is 2.12. The number of amides is 1. The van der Waals surface area contributed by atoms with E-state index in [0.717, 1.165) is 11.4 Å². The first-order chi connectivity index (χ1) is 7.66. The minimum absolute atomic E-state index is 0.384. The van der Waals surface area contributed by atoms with Crippen LogP contribution >= 0.6 is 0 Å². The Kier molecular flexibility index (Phi) is 2.64. The standard InChI is InChI=1S/C12H13N3O/c13-10-3-5-11(6-4-10)15-7-1-2-9(8-15)12(14)16/h1-7H,8,13H2,(H2,14,16). The maximum atomic E-state index is 11.1. The number of carbonyl (C=O) groups excluding carboxylic acids is 1. The van der Waals surface area contributed by atoms with E-state index in [2.05, 4.69) is 0 Å². The topological polar surface area (TPSA) is 72.4 Å². The average molecular weight is 215 g/mol. The number of nitrogens with two attached hydrogens (primary N) is 2. The number of allylic oxidation sites excluding steroid dienone is 2. The molecule has 0 atom stereocenters. The zero-order chi connectivity index (χ0) is 11.5. The summed E-state index contributed by atoms with van der Waals surface area (Å²) in [6.07, 6.45) is 5.44. The smallest absolute Gasteiger partial charge is 0.246 e.